The monoisotopic (exact) mass is 660 g/mol. The van der Waals surface area contributed by atoms with Crippen molar-refractivity contribution in [2.45, 2.75) is 64.2 Å². The zero-order valence-corrected chi connectivity index (χ0v) is 28.6. The third kappa shape index (κ3) is 6.52. The number of benzene rings is 5. The summed E-state index contributed by atoms with van der Waals surface area (Å²) in [4.78, 5) is 24.3. The highest BCUT2D eigenvalue weighted by Gasteiger charge is 2.40. The van der Waals surface area contributed by atoms with Crippen molar-refractivity contribution in [2.75, 3.05) is 0 Å². The van der Waals surface area contributed by atoms with E-state index >= 15 is 0 Å². The summed E-state index contributed by atoms with van der Waals surface area (Å²) in [5, 5.41) is 5.30. The van der Waals surface area contributed by atoms with Crippen molar-refractivity contribution in [3.8, 4) is 11.3 Å². The van der Waals surface area contributed by atoms with Gasteiger partial charge in [-0.1, -0.05) is 130 Å². The third-order valence-electron chi connectivity index (χ3n) is 11.6. The van der Waals surface area contributed by atoms with Gasteiger partial charge in [-0.05, 0) is 83.0 Å². The van der Waals surface area contributed by atoms with Crippen LogP contribution in [0.2, 0.25) is 0 Å². The molecule has 4 nitrogen and oxygen atoms in total. The Morgan fingerprint density at radius 1 is 0.480 bits per heavy atom. The number of hydrogen-bond donors (Lipinski definition) is 0. The van der Waals surface area contributed by atoms with Crippen molar-refractivity contribution in [3.63, 3.8) is 0 Å². The first-order valence-electron chi connectivity index (χ1n) is 18.5. The molecule has 3 aliphatic carbocycles. The van der Waals surface area contributed by atoms with Crippen molar-refractivity contribution in [3.05, 3.63) is 142 Å². The van der Waals surface area contributed by atoms with Crippen molar-refractivity contribution in [2.24, 2.45) is 23.7 Å². The Labute approximate surface area is 292 Å². The molecule has 0 amide bonds. The summed E-state index contributed by atoms with van der Waals surface area (Å²) in [5.41, 5.74) is 2.17. The molecule has 7 aromatic rings. The van der Waals surface area contributed by atoms with E-state index in [0.29, 0.717) is 27.7 Å². The summed E-state index contributed by atoms with van der Waals surface area (Å²) in [6.07, 6.45) is 17.1. The molecule has 0 radical (unpaired) electrons. The third-order valence-corrected chi connectivity index (χ3v) is 11.6. The Bertz CT molecular complexity index is 2350. The molecule has 0 spiro atoms. The smallest absolute Gasteiger partial charge is 0.193 e. The highest BCUT2D eigenvalue weighted by atomic mass is 16.3. The second kappa shape index (κ2) is 14.5. The molecule has 0 N–H and O–H groups in total. The van der Waals surface area contributed by atoms with Gasteiger partial charge < -0.3 is 8.83 Å². The predicted molar refractivity (Wildman–Crippen MR) is 206 cm³/mol. The summed E-state index contributed by atoms with van der Waals surface area (Å²) >= 11 is 0. The van der Waals surface area contributed by atoms with Crippen molar-refractivity contribution in [1.82, 2.24) is 0 Å². The van der Waals surface area contributed by atoms with Crippen LogP contribution in [-0.2, 0) is 0 Å². The Kier molecular flexibility index (Phi) is 9.35. The standard InChI is InChI=1S/C19H12O2.C14H24.C13H8O2/c20-16-12-18(14-7-2-1-3-8-14)21-17-11-10-13-6-4-5-9-15(13)19(16)17;1-3-7-13-11(5-1)9-10-12-6-2-4-8-14(12)13;14-11-7-8-15-12-6-5-9-3-1-2-4-10(9)13(11)12/h1-12H;11-14H,1-10H2;1-8H. The summed E-state index contributed by atoms with van der Waals surface area (Å²) in [5.74, 6) is 5.25. The summed E-state index contributed by atoms with van der Waals surface area (Å²) < 4.78 is 11.2. The molecule has 2 heterocycles. The molecule has 4 heteroatoms. The normalized spacial score (nSPS) is 21.4. The van der Waals surface area contributed by atoms with E-state index in [2.05, 4.69) is 0 Å². The maximum absolute atomic E-state index is 12.5. The van der Waals surface area contributed by atoms with Crippen LogP contribution in [0.4, 0.5) is 0 Å². The lowest BCUT2D eigenvalue weighted by atomic mass is 9.58. The lowest BCUT2D eigenvalue weighted by Gasteiger charge is -2.48. The van der Waals surface area contributed by atoms with E-state index in [9.17, 15) is 9.59 Å². The van der Waals surface area contributed by atoms with Crippen LogP contribution in [0.5, 0.6) is 0 Å². The van der Waals surface area contributed by atoms with Crippen LogP contribution in [-0.4, -0.2) is 0 Å². The summed E-state index contributed by atoms with van der Waals surface area (Å²) in [6, 6.07) is 36.0. The zero-order valence-electron chi connectivity index (χ0n) is 28.6. The lowest BCUT2D eigenvalue weighted by molar-refractivity contribution is 0.0278. The zero-order chi connectivity index (χ0) is 33.9. The van der Waals surface area contributed by atoms with E-state index in [1.165, 1.54) is 24.2 Å². The average molecular weight is 661 g/mol. The average Bonchev–Trinajstić information content (AvgIpc) is 3.18. The van der Waals surface area contributed by atoms with Gasteiger partial charge in [0.15, 0.2) is 10.9 Å². The number of hydrogen-bond acceptors (Lipinski definition) is 4. The topological polar surface area (TPSA) is 60.4 Å². The van der Waals surface area contributed by atoms with E-state index < -0.39 is 0 Å². The van der Waals surface area contributed by atoms with Crippen LogP contribution in [0.15, 0.2) is 140 Å². The van der Waals surface area contributed by atoms with Crippen LogP contribution >= 0.6 is 0 Å². The molecule has 0 saturated heterocycles. The summed E-state index contributed by atoms with van der Waals surface area (Å²) in [6.45, 7) is 0. The molecule has 3 saturated carbocycles. The molecule has 4 atom stereocenters. The van der Waals surface area contributed by atoms with Gasteiger partial charge in [0.05, 0.1) is 17.0 Å². The van der Waals surface area contributed by atoms with Gasteiger partial charge in [0.2, 0.25) is 0 Å². The lowest BCUT2D eigenvalue weighted by Crippen LogP contribution is -2.38. The van der Waals surface area contributed by atoms with Gasteiger partial charge in [0.25, 0.3) is 0 Å². The SMILES string of the molecule is C1CCC2C(C1)CCC1CCCCC12.O=c1cc(-c2ccccc2)oc2ccc3ccccc3c12.O=c1ccoc2ccc3ccccc3c12. The second-order valence-corrected chi connectivity index (χ2v) is 14.4. The van der Waals surface area contributed by atoms with Crippen molar-refractivity contribution >= 4 is 43.5 Å². The minimum Gasteiger partial charge on any atom is -0.464 e. The van der Waals surface area contributed by atoms with E-state index in [4.69, 9.17) is 8.83 Å². The van der Waals surface area contributed by atoms with Crippen molar-refractivity contribution in [1.29, 1.82) is 0 Å². The fourth-order valence-corrected chi connectivity index (χ4v) is 9.28. The van der Waals surface area contributed by atoms with Gasteiger partial charge in [-0.15, -0.1) is 0 Å². The molecule has 0 aliphatic heterocycles. The Hall–Kier alpha value is -4.96. The predicted octanol–water partition coefficient (Wildman–Crippen LogP) is 12.0. The maximum atomic E-state index is 12.5. The van der Waals surface area contributed by atoms with Gasteiger partial charge in [0, 0.05) is 17.7 Å². The van der Waals surface area contributed by atoms with Crippen LogP contribution < -0.4 is 10.9 Å². The first kappa shape index (κ1) is 32.3. The van der Waals surface area contributed by atoms with Crippen LogP contribution in [0.25, 0.3) is 54.8 Å². The van der Waals surface area contributed by atoms with Gasteiger partial charge in [0.1, 0.15) is 16.9 Å². The van der Waals surface area contributed by atoms with Gasteiger partial charge in [-0.3, -0.25) is 9.59 Å². The minimum atomic E-state index is -0.00750. The van der Waals surface area contributed by atoms with Crippen LogP contribution in [0, 0.1) is 23.7 Å². The van der Waals surface area contributed by atoms with Crippen molar-refractivity contribution < 1.29 is 8.83 Å². The molecule has 10 rings (SSSR count). The second-order valence-electron chi connectivity index (χ2n) is 14.4. The minimum absolute atomic E-state index is 0.00745. The molecular weight excluding hydrogens is 617 g/mol. The van der Waals surface area contributed by atoms with Crippen LogP contribution in [0.1, 0.15) is 64.2 Å². The van der Waals surface area contributed by atoms with E-state index in [-0.39, 0.29) is 10.9 Å². The van der Waals surface area contributed by atoms with Gasteiger partial charge in [-0.25, -0.2) is 0 Å². The van der Waals surface area contributed by atoms with E-state index in [0.717, 1.165) is 38.9 Å². The Morgan fingerprint density at radius 3 is 1.66 bits per heavy atom. The molecular formula is C46H44O4. The van der Waals surface area contributed by atoms with E-state index in [1.54, 1.807) is 70.3 Å². The number of rotatable bonds is 1. The summed E-state index contributed by atoms with van der Waals surface area (Å²) in [7, 11) is 0. The largest absolute Gasteiger partial charge is 0.464 e. The van der Waals surface area contributed by atoms with Gasteiger partial charge in [-0.2, -0.15) is 0 Å². The first-order valence-corrected chi connectivity index (χ1v) is 18.5. The van der Waals surface area contributed by atoms with E-state index in [1.807, 2.05) is 103 Å². The fraction of sp³-hybridized carbons (Fsp3) is 0.304. The number of fused-ring (bicyclic) bond motifs is 9. The Balaban J connectivity index is 0.000000111. The van der Waals surface area contributed by atoms with Gasteiger partial charge >= 0.3 is 0 Å². The quantitative estimate of drug-likeness (QED) is 0.164. The maximum Gasteiger partial charge on any atom is 0.193 e. The molecule has 5 aromatic carbocycles. The molecule has 0 bridgehead atoms. The highest BCUT2D eigenvalue weighted by molar-refractivity contribution is 6.06. The molecule has 3 aliphatic rings. The molecule has 4 unspecified atom stereocenters. The highest BCUT2D eigenvalue weighted by Crippen LogP contribution is 2.51. The first-order chi connectivity index (χ1) is 24.6. The van der Waals surface area contributed by atoms with Crippen LogP contribution in [0.3, 0.4) is 0 Å². The fourth-order valence-electron chi connectivity index (χ4n) is 9.28. The molecule has 252 valence electrons. The molecule has 50 heavy (non-hydrogen) atoms. The molecule has 2 aromatic heterocycles. The Morgan fingerprint density at radius 2 is 1.02 bits per heavy atom. The molecule has 3 fully saturated rings.